The first-order valence-electron chi connectivity index (χ1n) is 7.84. The Morgan fingerprint density at radius 1 is 1.31 bits per heavy atom. The fourth-order valence-corrected chi connectivity index (χ4v) is 2.81. The third-order valence-corrected chi connectivity index (χ3v) is 4.27. The summed E-state index contributed by atoms with van der Waals surface area (Å²) in [5.74, 6) is -2.01. The molecule has 9 heteroatoms. The van der Waals surface area contributed by atoms with Crippen molar-refractivity contribution >= 4 is 18.0 Å². The van der Waals surface area contributed by atoms with Crippen LogP contribution in [0.2, 0.25) is 0 Å². The van der Waals surface area contributed by atoms with E-state index in [9.17, 15) is 30.0 Å². The molecule has 2 rings (SSSR count). The van der Waals surface area contributed by atoms with Crippen molar-refractivity contribution < 1.29 is 39.9 Å². The number of hydrogen-bond acceptors (Lipinski definition) is 7. The van der Waals surface area contributed by atoms with Gasteiger partial charge in [-0.05, 0) is 23.8 Å². The van der Waals surface area contributed by atoms with E-state index in [1.54, 1.807) is 6.07 Å². The van der Waals surface area contributed by atoms with E-state index in [1.807, 2.05) is 0 Å². The van der Waals surface area contributed by atoms with Gasteiger partial charge in [-0.25, -0.2) is 4.79 Å². The van der Waals surface area contributed by atoms with Crippen molar-refractivity contribution in [3.63, 3.8) is 0 Å². The van der Waals surface area contributed by atoms with Crippen molar-refractivity contribution in [1.29, 1.82) is 0 Å². The Labute approximate surface area is 149 Å². The highest BCUT2D eigenvalue weighted by Gasteiger charge is 2.49. The van der Waals surface area contributed by atoms with Gasteiger partial charge in [-0.1, -0.05) is 6.07 Å². The molecule has 0 spiro atoms. The van der Waals surface area contributed by atoms with Crippen molar-refractivity contribution in [3.8, 4) is 11.5 Å². The molecule has 1 aromatic carbocycles. The lowest BCUT2D eigenvalue weighted by Crippen LogP contribution is -2.60. The number of nitrogens with one attached hydrogen (secondary N) is 1. The maximum Gasteiger partial charge on any atom is 0.335 e. The Morgan fingerprint density at radius 2 is 2.00 bits per heavy atom. The second-order valence-electron chi connectivity index (χ2n) is 6.18. The Balaban J connectivity index is 2.07. The molecule has 1 aromatic rings. The number of carbonyl (C=O) groups excluding carboxylic acids is 1. The summed E-state index contributed by atoms with van der Waals surface area (Å²) >= 11 is 0. The second-order valence-corrected chi connectivity index (χ2v) is 6.18. The predicted octanol–water partition coefficient (Wildman–Crippen LogP) is -0.770. The van der Waals surface area contributed by atoms with E-state index >= 15 is 0 Å². The molecule has 4 unspecified atom stereocenters. The van der Waals surface area contributed by atoms with Gasteiger partial charge in [0.2, 0.25) is 5.91 Å². The van der Waals surface area contributed by atoms with Crippen molar-refractivity contribution in [2.75, 3.05) is 7.11 Å². The second kappa shape index (κ2) is 7.73. The summed E-state index contributed by atoms with van der Waals surface area (Å²) in [6.07, 6.45) is -1.29. The lowest BCUT2D eigenvalue weighted by Gasteiger charge is -2.39. The number of aliphatic carboxylic acids is 1. The molecule has 0 aliphatic heterocycles. The first kappa shape index (κ1) is 19.7. The average molecular weight is 367 g/mol. The van der Waals surface area contributed by atoms with Crippen LogP contribution in [0.5, 0.6) is 11.5 Å². The zero-order valence-corrected chi connectivity index (χ0v) is 14.0. The summed E-state index contributed by atoms with van der Waals surface area (Å²) < 4.78 is 4.96. The minimum Gasteiger partial charge on any atom is -0.504 e. The molecule has 6 N–H and O–H groups in total. The molecular formula is C17H21NO8. The molecule has 0 aromatic heterocycles. The Bertz CT molecular complexity index is 719. The molecule has 9 nitrogen and oxygen atoms in total. The number of amides is 1. The van der Waals surface area contributed by atoms with Gasteiger partial charge in [0, 0.05) is 18.9 Å². The topological polar surface area (TPSA) is 157 Å². The maximum absolute atomic E-state index is 12.0. The number of aliphatic hydroxyl groups excluding tert-OH is 2. The van der Waals surface area contributed by atoms with Crippen LogP contribution in [0.3, 0.4) is 0 Å². The Hall–Kier alpha value is -2.62. The van der Waals surface area contributed by atoms with Crippen LogP contribution in [0.25, 0.3) is 6.08 Å². The first-order valence-corrected chi connectivity index (χ1v) is 7.84. The number of carboxylic acid groups (broad SMARTS) is 1. The number of carboxylic acids is 1. The number of phenolic OH excluding ortho intramolecular Hbond substituents is 1. The Kier molecular flexibility index (Phi) is 5.86. The van der Waals surface area contributed by atoms with E-state index in [2.05, 4.69) is 5.32 Å². The van der Waals surface area contributed by atoms with Gasteiger partial charge < -0.3 is 35.6 Å². The van der Waals surface area contributed by atoms with E-state index in [-0.39, 0.29) is 11.5 Å². The summed E-state index contributed by atoms with van der Waals surface area (Å²) in [6.45, 7) is 0. The molecule has 1 saturated carbocycles. The zero-order valence-electron chi connectivity index (χ0n) is 14.0. The lowest BCUT2D eigenvalue weighted by atomic mass is 9.78. The van der Waals surface area contributed by atoms with E-state index in [0.29, 0.717) is 5.56 Å². The molecule has 0 saturated heterocycles. The maximum atomic E-state index is 12.0. The minimum absolute atomic E-state index is 0.0543. The molecule has 1 aliphatic carbocycles. The van der Waals surface area contributed by atoms with Crippen molar-refractivity contribution in [2.45, 2.75) is 36.7 Å². The van der Waals surface area contributed by atoms with Gasteiger partial charge in [-0.15, -0.1) is 0 Å². The molecule has 0 radical (unpaired) electrons. The molecule has 0 heterocycles. The van der Waals surface area contributed by atoms with Crippen LogP contribution in [0.15, 0.2) is 24.3 Å². The van der Waals surface area contributed by atoms with E-state index in [1.165, 1.54) is 25.3 Å². The van der Waals surface area contributed by atoms with Crippen LogP contribution in [-0.2, 0) is 9.59 Å². The highest BCUT2D eigenvalue weighted by atomic mass is 16.5. The number of aromatic hydroxyl groups is 1. The quantitative estimate of drug-likeness (QED) is 0.371. The van der Waals surface area contributed by atoms with E-state index in [4.69, 9.17) is 9.84 Å². The number of aliphatic hydroxyl groups is 3. The monoisotopic (exact) mass is 367 g/mol. The summed E-state index contributed by atoms with van der Waals surface area (Å²) in [7, 11) is 1.38. The van der Waals surface area contributed by atoms with Crippen LogP contribution in [0.4, 0.5) is 0 Å². The third kappa shape index (κ3) is 4.31. The summed E-state index contributed by atoms with van der Waals surface area (Å²) in [5, 5.41) is 50.7. The van der Waals surface area contributed by atoms with Gasteiger partial charge in [-0.3, -0.25) is 4.79 Å². The smallest absolute Gasteiger partial charge is 0.335 e. The van der Waals surface area contributed by atoms with Gasteiger partial charge in [0.1, 0.15) is 6.10 Å². The number of rotatable bonds is 5. The summed E-state index contributed by atoms with van der Waals surface area (Å²) in [5.41, 5.74) is -1.67. The molecule has 0 bridgehead atoms. The standard InChI is InChI=1S/C17H21NO8/c1-26-13-6-9(2-4-11(13)19)3-5-14(21)18-10-7-17(25,16(23)24)8-12(20)15(10)22/h2-6,10,12,15,19-20,22,25H,7-8H2,1H3,(H,18,21)(H,23,24). The van der Waals surface area contributed by atoms with Gasteiger partial charge in [0.05, 0.1) is 19.3 Å². The molecule has 1 amide bonds. The molecule has 26 heavy (non-hydrogen) atoms. The van der Waals surface area contributed by atoms with Gasteiger partial charge in [-0.2, -0.15) is 0 Å². The van der Waals surface area contributed by atoms with Crippen LogP contribution in [0.1, 0.15) is 18.4 Å². The number of methoxy groups -OCH3 is 1. The predicted molar refractivity (Wildman–Crippen MR) is 89.5 cm³/mol. The van der Waals surface area contributed by atoms with Crippen LogP contribution in [-0.4, -0.2) is 68.4 Å². The van der Waals surface area contributed by atoms with Crippen LogP contribution in [0, 0.1) is 0 Å². The molecule has 142 valence electrons. The fourth-order valence-electron chi connectivity index (χ4n) is 2.81. The number of hydrogen-bond donors (Lipinski definition) is 6. The Morgan fingerprint density at radius 3 is 2.62 bits per heavy atom. The lowest BCUT2D eigenvalue weighted by molar-refractivity contribution is -0.175. The zero-order chi connectivity index (χ0) is 19.5. The van der Waals surface area contributed by atoms with Crippen LogP contribution < -0.4 is 10.1 Å². The normalized spacial score (nSPS) is 28.7. The summed E-state index contributed by atoms with van der Waals surface area (Å²) in [4.78, 5) is 23.2. The molecule has 1 fully saturated rings. The van der Waals surface area contributed by atoms with E-state index in [0.717, 1.165) is 6.08 Å². The third-order valence-electron chi connectivity index (χ3n) is 4.27. The van der Waals surface area contributed by atoms with Gasteiger partial charge in [0.25, 0.3) is 0 Å². The van der Waals surface area contributed by atoms with E-state index < -0.39 is 48.6 Å². The van der Waals surface area contributed by atoms with Crippen molar-refractivity contribution in [1.82, 2.24) is 5.32 Å². The number of ether oxygens (including phenoxy) is 1. The highest BCUT2D eigenvalue weighted by molar-refractivity contribution is 5.92. The minimum atomic E-state index is -2.23. The van der Waals surface area contributed by atoms with Crippen molar-refractivity contribution in [2.24, 2.45) is 0 Å². The van der Waals surface area contributed by atoms with Crippen LogP contribution >= 0.6 is 0 Å². The average Bonchev–Trinajstić information content (AvgIpc) is 2.58. The first-order chi connectivity index (χ1) is 12.2. The molecule has 4 atom stereocenters. The number of phenols is 1. The number of benzene rings is 1. The highest BCUT2D eigenvalue weighted by Crippen LogP contribution is 2.30. The fraction of sp³-hybridized carbons (Fsp3) is 0.412. The largest absolute Gasteiger partial charge is 0.504 e. The van der Waals surface area contributed by atoms with Gasteiger partial charge in [0.15, 0.2) is 17.1 Å². The number of carbonyl (C=O) groups is 2. The SMILES string of the molecule is COc1cc(C=CC(=O)NC2CC(O)(C(=O)O)CC(O)C2O)ccc1O. The van der Waals surface area contributed by atoms with Crippen molar-refractivity contribution in [3.05, 3.63) is 29.8 Å². The van der Waals surface area contributed by atoms with Gasteiger partial charge >= 0.3 is 5.97 Å². The summed E-state index contributed by atoms with van der Waals surface area (Å²) in [6, 6.07) is 3.31. The molecular weight excluding hydrogens is 346 g/mol. The molecule has 1 aliphatic rings.